The summed E-state index contributed by atoms with van der Waals surface area (Å²) in [5.41, 5.74) is 1.71. The molecule has 1 aromatic rings. The van der Waals surface area contributed by atoms with Gasteiger partial charge in [-0.05, 0) is 51.0 Å². The van der Waals surface area contributed by atoms with E-state index in [4.69, 9.17) is 11.6 Å². The van der Waals surface area contributed by atoms with Gasteiger partial charge in [-0.15, -0.1) is 0 Å². The van der Waals surface area contributed by atoms with Crippen LogP contribution in [-0.4, -0.2) is 17.4 Å². The molecule has 102 valence electrons. The first kappa shape index (κ1) is 13.9. The maximum Gasteiger partial charge on any atom is 0.256 e. The monoisotopic (exact) mass is 279 g/mol. The SMILES string of the molecule is Cc1cc(Cl)ccc1C1N=C(NC(C)(C)C)NC1=O. The Kier molecular flexibility index (Phi) is 3.54. The van der Waals surface area contributed by atoms with Crippen LogP contribution in [-0.2, 0) is 4.79 Å². The zero-order chi connectivity index (χ0) is 14.2. The molecule has 2 rings (SSSR count). The molecule has 1 unspecified atom stereocenters. The lowest BCUT2D eigenvalue weighted by Gasteiger charge is -2.21. The number of benzene rings is 1. The molecule has 1 aromatic carbocycles. The van der Waals surface area contributed by atoms with Crippen LogP contribution in [0.5, 0.6) is 0 Å². The van der Waals surface area contributed by atoms with Crippen LogP contribution >= 0.6 is 11.6 Å². The Morgan fingerprint density at radius 3 is 2.63 bits per heavy atom. The number of carbonyl (C=O) groups excluding carboxylic acids is 1. The van der Waals surface area contributed by atoms with Gasteiger partial charge in [-0.25, -0.2) is 4.99 Å². The molecule has 0 saturated heterocycles. The van der Waals surface area contributed by atoms with Crippen LogP contribution in [0.2, 0.25) is 5.02 Å². The van der Waals surface area contributed by atoms with E-state index in [1.165, 1.54) is 0 Å². The molecule has 1 amide bonds. The summed E-state index contributed by atoms with van der Waals surface area (Å²) >= 11 is 5.93. The second-order valence-electron chi connectivity index (χ2n) is 5.75. The molecule has 0 spiro atoms. The van der Waals surface area contributed by atoms with E-state index in [0.29, 0.717) is 11.0 Å². The molecule has 19 heavy (non-hydrogen) atoms. The molecule has 2 N–H and O–H groups in total. The molecular weight excluding hydrogens is 262 g/mol. The Labute approximate surface area is 118 Å². The van der Waals surface area contributed by atoms with Crippen molar-refractivity contribution in [2.24, 2.45) is 4.99 Å². The second kappa shape index (κ2) is 4.85. The molecule has 1 atom stereocenters. The number of nitrogens with zero attached hydrogens (tertiary/aromatic N) is 1. The predicted molar refractivity (Wildman–Crippen MR) is 77.4 cm³/mol. The van der Waals surface area contributed by atoms with Crippen molar-refractivity contribution in [1.82, 2.24) is 10.6 Å². The van der Waals surface area contributed by atoms with Gasteiger partial charge < -0.3 is 5.32 Å². The molecule has 0 radical (unpaired) electrons. The molecule has 4 nitrogen and oxygen atoms in total. The number of hydrogen-bond acceptors (Lipinski definition) is 3. The maximum atomic E-state index is 12.0. The quantitative estimate of drug-likeness (QED) is 0.830. The third-order valence-electron chi connectivity index (χ3n) is 2.77. The zero-order valence-corrected chi connectivity index (χ0v) is 12.3. The highest BCUT2D eigenvalue weighted by Gasteiger charge is 2.30. The Bertz CT molecular complexity index is 546. The lowest BCUT2D eigenvalue weighted by molar-refractivity contribution is -0.120. The highest BCUT2D eigenvalue weighted by molar-refractivity contribution is 6.30. The van der Waals surface area contributed by atoms with Gasteiger partial charge in [0.25, 0.3) is 5.91 Å². The van der Waals surface area contributed by atoms with E-state index in [9.17, 15) is 4.79 Å². The third kappa shape index (κ3) is 3.26. The van der Waals surface area contributed by atoms with Gasteiger partial charge >= 0.3 is 0 Å². The van der Waals surface area contributed by atoms with E-state index in [1.54, 1.807) is 6.07 Å². The lowest BCUT2D eigenvalue weighted by Crippen LogP contribution is -2.46. The van der Waals surface area contributed by atoms with Crippen molar-refractivity contribution in [2.75, 3.05) is 0 Å². The van der Waals surface area contributed by atoms with Gasteiger partial charge in [0.15, 0.2) is 12.0 Å². The maximum absolute atomic E-state index is 12.0. The molecule has 0 fully saturated rings. The number of rotatable bonds is 1. The summed E-state index contributed by atoms with van der Waals surface area (Å²) in [4.78, 5) is 16.4. The van der Waals surface area contributed by atoms with Crippen molar-refractivity contribution in [3.63, 3.8) is 0 Å². The first-order valence-corrected chi connectivity index (χ1v) is 6.57. The summed E-state index contributed by atoms with van der Waals surface area (Å²) < 4.78 is 0. The summed E-state index contributed by atoms with van der Waals surface area (Å²) in [7, 11) is 0. The summed E-state index contributed by atoms with van der Waals surface area (Å²) in [6, 6.07) is 4.98. The number of hydrogen-bond donors (Lipinski definition) is 2. The molecule has 0 aliphatic carbocycles. The summed E-state index contributed by atoms with van der Waals surface area (Å²) in [5, 5.41) is 6.60. The van der Waals surface area contributed by atoms with E-state index in [1.807, 2.05) is 39.8 Å². The van der Waals surface area contributed by atoms with Crippen LogP contribution in [0.15, 0.2) is 23.2 Å². The van der Waals surface area contributed by atoms with E-state index >= 15 is 0 Å². The van der Waals surface area contributed by atoms with Gasteiger partial charge in [-0.1, -0.05) is 17.7 Å². The average Bonchev–Trinajstić information content (AvgIpc) is 2.56. The number of amides is 1. The lowest BCUT2D eigenvalue weighted by atomic mass is 10.0. The van der Waals surface area contributed by atoms with Gasteiger partial charge in [-0.2, -0.15) is 0 Å². The van der Waals surface area contributed by atoms with Gasteiger partial charge in [0.1, 0.15) is 0 Å². The highest BCUT2D eigenvalue weighted by Crippen LogP contribution is 2.26. The van der Waals surface area contributed by atoms with Crippen LogP contribution in [0.25, 0.3) is 0 Å². The van der Waals surface area contributed by atoms with Gasteiger partial charge in [0.2, 0.25) is 0 Å². The van der Waals surface area contributed by atoms with Crippen LogP contribution in [0.1, 0.15) is 37.9 Å². The van der Waals surface area contributed by atoms with Crippen molar-refractivity contribution >= 4 is 23.5 Å². The van der Waals surface area contributed by atoms with E-state index in [2.05, 4.69) is 15.6 Å². The minimum atomic E-state index is -0.498. The van der Waals surface area contributed by atoms with Gasteiger partial charge in [-0.3, -0.25) is 10.1 Å². The second-order valence-corrected chi connectivity index (χ2v) is 6.18. The minimum Gasteiger partial charge on any atom is -0.351 e. The van der Waals surface area contributed by atoms with Crippen molar-refractivity contribution in [3.05, 3.63) is 34.3 Å². The normalized spacial score (nSPS) is 19.1. The van der Waals surface area contributed by atoms with Crippen molar-refractivity contribution in [3.8, 4) is 0 Å². The largest absolute Gasteiger partial charge is 0.351 e. The Balaban J connectivity index is 2.27. The van der Waals surface area contributed by atoms with E-state index in [0.717, 1.165) is 11.1 Å². The Hall–Kier alpha value is -1.55. The minimum absolute atomic E-state index is 0.114. The Morgan fingerprint density at radius 1 is 1.37 bits per heavy atom. The number of nitrogens with one attached hydrogen (secondary N) is 2. The number of aliphatic imine (C=N–C) groups is 1. The summed E-state index contributed by atoms with van der Waals surface area (Å²) in [5.74, 6) is 0.411. The van der Waals surface area contributed by atoms with Crippen molar-refractivity contribution in [1.29, 1.82) is 0 Å². The van der Waals surface area contributed by atoms with E-state index < -0.39 is 6.04 Å². The number of guanidine groups is 1. The zero-order valence-electron chi connectivity index (χ0n) is 11.5. The molecule has 0 aromatic heterocycles. The molecular formula is C14H18ClN3O. The molecule has 0 bridgehead atoms. The van der Waals surface area contributed by atoms with E-state index in [-0.39, 0.29) is 11.4 Å². The molecule has 1 aliphatic heterocycles. The van der Waals surface area contributed by atoms with Crippen molar-refractivity contribution in [2.45, 2.75) is 39.3 Å². The van der Waals surface area contributed by atoms with Crippen molar-refractivity contribution < 1.29 is 4.79 Å². The molecule has 1 heterocycles. The smallest absolute Gasteiger partial charge is 0.256 e. The standard InChI is InChI=1S/C14H18ClN3O/c1-8-7-9(15)5-6-10(8)11-12(19)17-13(16-11)18-14(2,3)4/h5-7,11H,1-4H3,(H2,16,17,18,19). The topological polar surface area (TPSA) is 53.5 Å². The van der Waals surface area contributed by atoms with Gasteiger partial charge in [0.05, 0.1) is 0 Å². The van der Waals surface area contributed by atoms with Crippen LogP contribution in [0.4, 0.5) is 0 Å². The highest BCUT2D eigenvalue weighted by atomic mass is 35.5. The summed E-state index contributed by atoms with van der Waals surface area (Å²) in [6.45, 7) is 7.98. The summed E-state index contributed by atoms with van der Waals surface area (Å²) in [6.07, 6.45) is 0. The fourth-order valence-electron chi connectivity index (χ4n) is 1.98. The number of carbonyl (C=O) groups is 1. The molecule has 0 saturated carbocycles. The molecule has 5 heteroatoms. The number of aryl methyl sites for hydroxylation is 1. The van der Waals surface area contributed by atoms with Crippen LogP contribution in [0.3, 0.4) is 0 Å². The average molecular weight is 280 g/mol. The predicted octanol–water partition coefficient (Wildman–Crippen LogP) is 2.56. The third-order valence-corrected chi connectivity index (χ3v) is 3.00. The van der Waals surface area contributed by atoms with Gasteiger partial charge in [0, 0.05) is 10.6 Å². The first-order chi connectivity index (χ1) is 8.76. The fraction of sp³-hybridized carbons (Fsp3) is 0.429. The number of halogens is 1. The fourth-order valence-corrected chi connectivity index (χ4v) is 2.21. The molecule has 1 aliphatic rings. The first-order valence-electron chi connectivity index (χ1n) is 6.19. The van der Waals surface area contributed by atoms with Crippen LogP contribution in [0, 0.1) is 6.92 Å². The Morgan fingerprint density at radius 2 is 2.05 bits per heavy atom. The van der Waals surface area contributed by atoms with Crippen LogP contribution < -0.4 is 10.6 Å².